The van der Waals surface area contributed by atoms with Crippen molar-refractivity contribution in [3.8, 4) is 11.5 Å². The summed E-state index contributed by atoms with van der Waals surface area (Å²) in [5.74, 6) is 1.14. The summed E-state index contributed by atoms with van der Waals surface area (Å²) in [7, 11) is 0. The predicted octanol–water partition coefficient (Wildman–Crippen LogP) is 4.31. The average molecular weight is 300 g/mol. The van der Waals surface area contributed by atoms with E-state index in [9.17, 15) is 0 Å². The molecule has 4 nitrogen and oxygen atoms in total. The second kappa shape index (κ2) is 5.97. The number of aryl methyl sites for hydroxylation is 1. The molecule has 2 aromatic carbocycles. The zero-order chi connectivity index (χ0) is 14.7. The molecule has 0 amide bonds. The number of rotatable bonds is 4. The highest BCUT2D eigenvalue weighted by molar-refractivity contribution is 6.30. The normalized spacial score (nSPS) is 10.6. The van der Waals surface area contributed by atoms with Gasteiger partial charge in [-0.15, -0.1) is 0 Å². The van der Waals surface area contributed by atoms with Gasteiger partial charge in [-0.3, -0.25) is 0 Å². The molecule has 0 saturated carbocycles. The molecule has 0 aliphatic rings. The van der Waals surface area contributed by atoms with Crippen LogP contribution in [0.4, 0.5) is 5.69 Å². The molecule has 0 unspecified atom stereocenters. The molecule has 5 heteroatoms. The summed E-state index contributed by atoms with van der Waals surface area (Å²) in [6.07, 6.45) is 0. The Balaban J connectivity index is 1.72. The molecule has 0 aliphatic heterocycles. The molecule has 3 aromatic rings. The van der Waals surface area contributed by atoms with Crippen molar-refractivity contribution in [1.82, 2.24) is 10.1 Å². The molecule has 106 valence electrons. The molecule has 0 atom stereocenters. The van der Waals surface area contributed by atoms with Crippen molar-refractivity contribution in [2.24, 2.45) is 0 Å². The van der Waals surface area contributed by atoms with Crippen molar-refractivity contribution < 1.29 is 4.52 Å². The summed E-state index contributed by atoms with van der Waals surface area (Å²) in [6.45, 7) is 2.50. The minimum Gasteiger partial charge on any atom is -0.378 e. The third-order valence-electron chi connectivity index (χ3n) is 3.12. The number of aromatic nitrogens is 2. The monoisotopic (exact) mass is 299 g/mol. The second-order valence-corrected chi connectivity index (χ2v) is 5.13. The van der Waals surface area contributed by atoms with E-state index in [-0.39, 0.29) is 0 Å². The average Bonchev–Trinajstić information content (AvgIpc) is 2.94. The largest absolute Gasteiger partial charge is 0.378 e. The van der Waals surface area contributed by atoms with Crippen LogP contribution in [-0.4, -0.2) is 10.1 Å². The summed E-state index contributed by atoms with van der Waals surface area (Å²) >= 11 is 5.94. The van der Waals surface area contributed by atoms with Gasteiger partial charge in [0, 0.05) is 16.3 Å². The fourth-order valence-corrected chi connectivity index (χ4v) is 2.22. The Morgan fingerprint density at radius 2 is 2.00 bits per heavy atom. The molecule has 0 bridgehead atoms. The van der Waals surface area contributed by atoms with E-state index in [4.69, 9.17) is 16.1 Å². The Labute approximate surface area is 127 Å². The minimum absolute atomic E-state index is 0.482. The molecular formula is C16H14ClN3O. The van der Waals surface area contributed by atoms with Crippen molar-refractivity contribution in [3.05, 3.63) is 64.9 Å². The van der Waals surface area contributed by atoms with Crippen molar-refractivity contribution in [3.63, 3.8) is 0 Å². The SMILES string of the molecule is Cc1ccccc1-c1nc(CNc2cccc(Cl)c2)no1. The molecule has 1 N–H and O–H groups in total. The van der Waals surface area contributed by atoms with Gasteiger partial charge >= 0.3 is 0 Å². The van der Waals surface area contributed by atoms with Gasteiger partial charge < -0.3 is 9.84 Å². The van der Waals surface area contributed by atoms with Crippen molar-refractivity contribution >= 4 is 17.3 Å². The zero-order valence-electron chi connectivity index (χ0n) is 11.5. The zero-order valence-corrected chi connectivity index (χ0v) is 12.3. The molecule has 0 radical (unpaired) electrons. The van der Waals surface area contributed by atoms with E-state index in [0.717, 1.165) is 16.8 Å². The lowest BCUT2D eigenvalue weighted by atomic mass is 10.1. The van der Waals surface area contributed by atoms with Crippen LogP contribution in [0, 0.1) is 6.92 Å². The van der Waals surface area contributed by atoms with Gasteiger partial charge in [0.1, 0.15) is 0 Å². The number of hydrogen-bond acceptors (Lipinski definition) is 4. The van der Waals surface area contributed by atoms with Crippen LogP contribution in [0.15, 0.2) is 53.1 Å². The summed E-state index contributed by atoms with van der Waals surface area (Å²) in [6, 6.07) is 15.4. The number of benzene rings is 2. The second-order valence-electron chi connectivity index (χ2n) is 4.69. The van der Waals surface area contributed by atoms with Crippen molar-refractivity contribution in [2.75, 3.05) is 5.32 Å². The standard InChI is InChI=1S/C16H14ClN3O/c1-11-5-2-3-8-14(11)16-19-15(20-21-16)10-18-13-7-4-6-12(17)9-13/h2-9,18H,10H2,1H3. The van der Waals surface area contributed by atoms with E-state index in [1.807, 2.05) is 55.5 Å². The third kappa shape index (κ3) is 3.23. The Kier molecular flexibility index (Phi) is 3.88. The van der Waals surface area contributed by atoms with Crippen LogP contribution in [0.1, 0.15) is 11.4 Å². The highest BCUT2D eigenvalue weighted by atomic mass is 35.5. The summed E-state index contributed by atoms with van der Waals surface area (Å²) in [5.41, 5.74) is 2.99. The lowest BCUT2D eigenvalue weighted by molar-refractivity contribution is 0.423. The first-order valence-electron chi connectivity index (χ1n) is 6.60. The maximum absolute atomic E-state index is 5.94. The van der Waals surface area contributed by atoms with Gasteiger partial charge in [0.15, 0.2) is 5.82 Å². The molecule has 1 heterocycles. The minimum atomic E-state index is 0.482. The van der Waals surface area contributed by atoms with Crippen LogP contribution in [-0.2, 0) is 6.54 Å². The number of nitrogens with one attached hydrogen (secondary N) is 1. The van der Waals surface area contributed by atoms with E-state index in [1.54, 1.807) is 0 Å². The van der Waals surface area contributed by atoms with Gasteiger partial charge in [0.25, 0.3) is 5.89 Å². The Morgan fingerprint density at radius 3 is 2.81 bits per heavy atom. The molecular weight excluding hydrogens is 286 g/mol. The molecule has 0 spiro atoms. The van der Waals surface area contributed by atoms with E-state index in [0.29, 0.717) is 23.3 Å². The van der Waals surface area contributed by atoms with Crippen LogP contribution >= 0.6 is 11.6 Å². The fraction of sp³-hybridized carbons (Fsp3) is 0.125. The number of anilines is 1. The van der Waals surface area contributed by atoms with Gasteiger partial charge in [-0.25, -0.2) is 0 Å². The van der Waals surface area contributed by atoms with Crippen molar-refractivity contribution in [1.29, 1.82) is 0 Å². The molecule has 0 fully saturated rings. The smallest absolute Gasteiger partial charge is 0.258 e. The summed E-state index contributed by atoms with van der Waals surface area (Å²) in [5, 5.41) is 7.89. The summed E-state index contributed by atoms with van der Waals surface area (Å²) in [4.78, 5) is 4.41. The molecule has 0 aliphatic carbocycles. The molecule has 1 aromatic heterocycles. The van der Waals surface area contributed by atoms with Crippen LogP contribution in [0.25, 0.3) is 11.5 Å². The van der Waals surface area contributed by atoms with Crippen LogP contribution in [0.5, 0.6) is 0 Å². The quantitative estimate of drug-likeness (QED) is 0.780. The van der Waals surface area contributed by atoms with E-state index in [1.165, 1.54) is 0 Å². The van der Waals surface area contributed by atoms with Gasteiger partial charge in [-0.05, 0) is 36.8 Å². The summed E-state index contributed by atoms with van der Waals surface area (Å²) < 4.78 is 5.32. The number of halogens is 1. The first-order valence-corrected chi connectivity index (χ1v) is 6.98. The highest BCUT2D eigenvalue weighted by Crippen LogP contribution is 2.21. The van der Waals surface area contributed by atoms with Crippen LogP contribution in [0.2, 0.25) is 5.02 Å². The fourth-order valence-electron chi connectivity index (χ4n) is 2.03. The molecule has 0 saturated heterocycles. The van der Waals surface area contributed by atoms with Gasteiger partial charge in [0.05, 0.1) is 6.54 Å². The lowest BCUT2D eigenvalue weighted by Crippen LogP contribution is -2.01. The van der Waals surface area contributed by atoms with Crippen LogP contribution in [0.3, 0.4) is 0 Å². The van der Waals surface area contributed by atoms with E-state index in [2.05, 4.69) is 15.5 Å². The van der Waals surface area contributed by atoms with E-state index < -0.39 is 0 Å². The Hall–Kier alpha value is -2.33. The highest BCUT2D eigenvalue weighted by Gasteiger charge is 2.10. The molecule has 21 heavy (non-hydrogen) atoms. The third-order valence-corrected chi connectivity index (χ3v) is 3.35. The predicted molar refractivity (Wildman–Crippen MR) is 83.2 cm³/mol. The van der Waals surface area contributed by atoms with Crippen LogP contribution < -0.4 is 5.32 Å². The molecule has 3 rings (SSSR count). The maximum atomic E-state index is 5.94. The first kappa shape index (κ1) is 13.6. The Bertz CT molecular complexity index is 755. The van der Waals surface area contributed by atoms with Gasteiger partial charge in [-0.1, -0.05) is 41.0 Å². The number of hydrogen-bond donors (Lipinski definition) is 1. The van der Waals surface area contributed by atoms with Gasteiger partial charge in [-0.2, -0.15) is 4.98 Å². The topological polar surface area (TPSA) is 51.0 Å². The van der Waals surface area contributed by atoms with Crippen molar-refractivity contribution in [2.45, 2.75) is 13.5 Å². The first-order chi connectivity index (χ1) is 10.2. The Morgan fingerprint density at radius 1 is 1.14 bits per heavy atom. The lowest BCUT2D eigenvalue weighted by Gasteiger charge is -2.03. The maximum Gasteiger partial charge on any atom is 0.258 e. The number of nitrogens with zero attached hydrogens (tertiary/aromatic N) is 2. The van der Waals surface area contributed by atoms with E-state index >= 15 is 0 Å². The van der Waals surface area contributed by atoms with Gasteiger partial charge in [0.2, 0.25) is 0 Å².